The minimum absolute atomic E-state index is 0. The van der Waals surface area contributed by atoms with Crippen LogP contribution in [0.3, 0.4) is 0 Å². The third-order valence-corrected chi connectivity index (χ3v) is 2.54. The van der Waals surface area contributed by atoms with Crippen molar-refractivity contribution in [2.24, 2.45) is 10.8 Å². The molecular formula is C9H17LiO4. The van der Waals surface area contributed by atoms with Gasteiger partial charge in [-0.1, -0.05) is 27.7 Å². The molecule has 0 aromatic heterocycles. The Morgan fingerprint density at radius 1 is 1.14 bits per heavy atom. The molecule has 0 unspecified atom stereocenters. The maximum atomic E-state index is 11.0. The Hall–Kier alpha value is -0.463. The number of rotatable bonds is 3. The van der Waals surface area contributed by atoms with Gasteiger partial charge >= 0.3 is 30.8 Å². The molecule has 5 heteroatoms. The van der Waals surface area contributed by atoms with Crippen molar-refractivity contribution in [2.75, 3.05) is 0 Å². The average molecular weight is 196 g/mol. The Bertz CT molecular complexity index is 221. The standard InChI is InChI=1S/C9H16O4.Li.H/c1-5-9(6(10)11,7(12)13)8(2,3)4;;/h5H2,1-4H3,(H,10,11)(H,12,13);;/q;+1;-1. The molecule has 0 radical (unpaired) electrons. The summed E-state index contributed by atoms with van der Waals surface area (Å²) in [6.07, 6.45) is 0.0845. The van der Waals surface area contributed by atoms with Crippen LogP contribution in [0.15, 0.2) is 0 Å². The van der Waals surface area contributed by atoms with Crippen LogP contribution in [0.2, 0.25) is 0 Å². The van der Waals surface area contributed by atoms with Crippen LogP contribution in [0.25, 0.3) is 0 Å². The van der Waals surface area contributed by atoms with Crippen molar-refractivity contribution in [3.63, 3.8) is 0 Å². The molecule has 0 fully saturated rings. The average Bonchev–Trinajstić information content (AvgIpc) is 1.83. The van der Waals surface area contributed by atoms with Gasteiger partial charge in [-0.05, 0) is 11.8 Å². The predicted molar refractivity (Wildman–Crippen MR) is 48.6 cm³/mol. The summed E-state index contributed by atoms with van der Waals surface area (Å²) in [4.78, 5) is 21.9. The number of hydrogen-bond donors (Lipinski definition) is 2. The van der Waals surface area contributed by atoms with Crippen molar-refractivity contribution in [3.05, 3.63) is 0 Å². The third-order valence-electron chi connectivity index (χ3n) is 2.54. The van der Waals surface area contributed by atoms with E-state index in [1.54, 1.807) is 27.7 Å². The summed E-state index contributed by atoms with van der Waals surface area (Å²) in [5.41, 5.74) is -2.48. The summed E-state index contributed by atoms with van der Waals surface area (Å²) in [6, 6.07) is 0. The first kappa shape index (κ1) is 16.0. The van der Waals surface area contributed by atoms with Crippen molar-refractivity contribution < 1.29 is 40.1 Å². The second-order valence-electron chi connectivity index (χ2n) is 4.12. The number of hydrogen-bond acceptors (Lipinski definition) is 2. The molecule has 0 heterocycles. The van der Waals surface area contributed by atoms with Gasteiger partial charge in [-0.25, -0.2) is 0 Å². The zero-order valence-electron chi connectivity index (χ0n) is 10.4. The van der Waals surface area contributed by atoms with E-state index in [0.717, 1.165) is 0 Å². The summed E-state index contributed by atoms with van der Waals surface area (Å²) in [5, 5.41) is 17.9. The zero-order chi connectivity index (χ0) is 10.9. The summed E-state index contributed by atoms with van der Waals surface area (Å²) in [7, 11) is 0. The molecule has 0 spiro atoms. The Morgan fingerprint density at radius 2 is 1.43 bits per heavy atom. The van der Waals surface area contributed by atoms with E-state index in [4.69, 9.17) is 10.2 Å². The van der Waals surface area contributed by atoms with Crippen LogP contribution in [0.1, 0.15) is 35.5 Å². The van der Waals surface area contributed by atoms with E-state index in [0.29, 0.717) is 0 Å². The Balaban J connectivity index is -0.000000720. The molecule has 0 amide bonds. The number of carboxylic acids is 2. The molecule has 4 nitrogen and oxygen atoms in total. The minimum atomic E-state index is -1.69. The summed E-state index contributed by atoms with van der Waals surface area (Å²) < 4.78 is 0. The van der Waals surface area contributed by atoms with Crippen molar-refractivity contribution in [1.29, 1.82) is 0 Å². The minimum Gasteiger partial charge on any atom is -1.00 e. The molecule has 0 aromatic rings. The monoisotopic (exact) mass is 196 g/mol. The van der Waals surface area contributed by atoms with E-state index in [1.165, 1.54) is 0 Å². The first-order valence-corrected chi connectivity index (χ1v) is 4.17. The van der Waals surface area contributed by atoms with E-state index in [9.17, 15) is 9.59 Å². The van der Waals surface area contributed by atoms with E-state index in [1.807, 2.05) is 0 Å². The van der Waals surface area contributed by atoms with Gasteiger partial charge in [0.05, 0.1) is 0 Å². The Labute approximate surface area is 97.4 Å². The summed E-state index contributed by atoms with van der Waals surface area (Å²) in [6.45, 7) is 6.45. The number of aliphatic carboxylic acids is 2. The predicted octanol–water partition coefficient (Wildman–Crippen LogP) is -1.29. The maximum Gasteiger partial charge on any atom is 1.00 e. The molecule has 2 N–H and O–H groups in total. The van der Waals surface area contributed by atoms with Gasteiger partial charge in [0.15, 0.2) is 5.41 Å². The van der Waals surface area contributed by atoms with Crippen molar-refractivity contribution in [1.82, 2.24) is 0 Å². The van der Waals surface area contributed by atoms with Gasteiger partial charge in [0.1, 0.15) is 0 Å². The first-order valence-electron chi connectivity index (χ1n) is 4.17. The fourth-order valence-corrected chi connectivity index (χ4v) is 1.57. The largest absolute Gasteiger partial charge is 1.00 e. The van der Waals surface area contributed by atoms with E-state index >= 15 is 0 Å². The number of carboxylic acid groups (broad SMARTS) is 2. The smallest absolute Gasteiger partial charge is 1.00 e. The Morgan fingerprint density at radius 3 is 1.43 bits per heavy atom. The molecule has 0 aromatic carbocycles. The van der Waals surface area contributed by atoms with Gasteiger partial charge in [-0.3, -0.25) is 9.59 Å². The first-order chi connectivity index (χ1) is 5.70. The van der Waals surface area contributed by atoms with Crippen molar-refractivity contribution >= 4 is 11.9 Å². The van der Waals surface area contributed by atoms with Crippen molar-refractivity contribution in [3.8, 4) is 0 Å². The molecule has 0 aliphatic rings. The van der Waals surface area contributed by atoms with E-state index < -0.39 is 22.8 Å². The molecule has 0 rings (SSSR count). The van der Waals surface area contributed by atoms with Gasteiger partial charge in [0.25, 0.3) is 0 Å². The normalized spacial score (nSPS) is 11.7. The van der Waals surface area contributed by atoms with Crippen LogP contribution in [0.4, 0.5) is 0 Å². The fraction of sp³-hybridized carbons (Fsp3) is 0.778. The van der Waals surface area contributed by atoms with E-state index in [2.05, 4.69) is 0 Å². The van der Waals surface area contributed by atoms with E-state index in [-0.39, 0.29) is 26.7 Å². The van der Waals surface area contributed by atoms with Crippen LogP contribution in [0, 0.1) is 10.8 Å². The van der Waals surface area contributed by atoms with Crippen molar-refractivity contribution in [2.45, 2.75) is 34.1 Å². The van der Waals surface area contributed by atoms with Crippen LogP contribution in [0.5, 0.6) is 0 Å². The summed E-state index contributed by atoms with van der Waals surface area (Å²) in [5.74, 6) is -2.54. The SMILES string of the molecule is CCC(C(=O)O)(C(=O)O)C(C)(C)C.[H-].[Li+]. The molecule has 0 saturated carbocycles. The molecule has 78 valence electrons. The molecule has 0 saturated heterocycles. The van der Waals surface area contributed by atoms with Crippen LogP contribution >= 0.6 is 0 Å². The van der Waals surface area contributed by atoms with Crippen LogP contribution < -0.4 is 18.9 Å². The fourth-order valence-electron chi connectivity index (χ4n) is 1.57. The molecule has 0 aliphatic carbocycles. The molecule has 0 bridgehead atoms. The third kappa shape index (κ3) is 2.31. The molecule has 0 atom stereocenters. The van der Waals surface area contributed by atoms with Crippen LogP contribution in [-0.2, 0) is 9.59 Å². The number of carbonyl (C=O) groups is 2. The second-order valence-corrected chi connectivity index (χ2v) is 4.12. The van der Waals surface area contributed by atoms with Gasteiger partial charge in [-0.2, -0.15) is 0 Å². The summed E-state index contributed by atoms with van der Waals surface area (Å²) >= 11 is 0. The molecule has 0 aliphatic heterocycles. The Kier molecular flexibility index (Phi) is 5.55. The zero-order valence-corrected chi connectivity index (χ0v) is 9.42. The van der Waals surface area contributed by atoms with Crippen LogP contribution in [-0.4, -0.2) is 22.2 Å². The molecular weight excluding hydrogens is 179 g/mol. The van der Waals surface area contributed by atoms with Gasteiger partial charge in [0.2, 0.25) is 0 Å². The second kappa shape index (κ2) is 4.86. The molecule has 14 heavy (non-hydrogen) atoms. The maximum absolute atomic E-state index is 11.0. The quantitative estimate of drug-likeness (QED) is 0.435. The topological polar surface area (TPSA) is 74.6 Å². The van der Waals surface area contributed by atoms with Gasteiger partial charge in [0, 0.05) is 0 Å². The van der Waals surface area contributed by atoms with Gasteiger partial charge in [-0.15, -0.1) is 0 Å². The van der Waals surface area contributed by atoms with Gasteiger partial charge < -0.3 is 11.6 Å².